The number of carboxylic acids is 1. The number of primary amides is 1. The van der Waals surface area contributed by atoms with Gasteiger partial charge < -0.3 is 102 Å². The van der Waals surface area contributed by atoms with E-state index in [0.717, 1.165) is 6.42 Å². The van der Waals surface area contributed by atoms with Gasteiger partial charge in [-0.25, -0.2) is 14.6 Å². The summed E-state index contributed by atoms with van der Waals surface area (Å²) in [7, 11) is 0. The number of aliphatic hydroxyl groups excluding tert-OH is 3. The lowest BCUT2D eigenvalue weighted by molar-refractivity contribution is -0.198. The average molecular weight is 905 g/mol. The number of aliphatic imine (C=N–C) groups is 1. The van der Waals surface area contributed by atoms with Crippen molar-refractivity contribution >= 4 is 41.7 Å². The van der Waals surface area contributed by atoms with Crippen LogP contribution in [0.25, 0.3) is 0 Å². The Morgan fingerprint density at radius 1 is 0.730 bits per heavy atom. The molecule has 63 heavy (non-hydrogen) atoms. The standard InChI is InChI=1S/C37H72N14O12/c38-9-1-5-19(40)13-25(53)45-10-2-6-20(41)14-26(54)46-11-3-7-21(42)15-27(55)47-12-4-8-22(43)16-28(56)48-31-33(58)32(57)24(18-62-36(44)61)63-34(31)51-37-49-29(23(52)17-39)30(50-37)35(59)60/h19-24,29-34,52,57-58H,1-18,38-43H2,(H2,44,61)(H,45,53)(H,46,54)(H,47,55)(H,48,56)(H,59,60)(H2,49,50,51)/t19-,20-,21-,22-,23+,24-,29+,30-,31+,32+,33-,34+/m0/s1. The molecule has 0 aromatic rings. The number of amides is 5. The van der Waals surface area contributed by atoms with Gasteiger partial charge in [-0.05, 0) is 57.9 Å². The maximum atomic E-state index is 13.1. The van der Waals surface area contributed by atoms with Crippen LogP contribution >= 0.6 is 0 Å². The number of carbonyl (C=O) groups is 6. The van der Waals surface area contributed by atoms with Crippen LogP contribution in [0.2, 0.25) is 0 Å². The Morgan fingerprint density at radius 3 is 1.62 bits per heavy atom. The summed E-state index contributed by atoms with van der Waals surface area (Å²) < 4.78 is 10.5. The Hall–Kier alpha value is -4.51. The number of carboxylic acid groups (broad SMARTS) is 1. The smallest absolute Gasteiger partial charge is 0.404 e. The molecule has 2 aliphatic rings. The van der Waals surface area contributed by atoms with Gasteiger partial charge in [-0.15, -0.1) is 0 Å². The summed E-state index contributed by atoms with van der Waals surface area (Å²) in [6, 6.07) is -5.69. The number of hydrogen-bond acceptors (Lipinski definition) is 20. The van der Waals surface area contributed by atoms with Crippen molar-refractivity contribution in [3.63, 3.8) is 0 Å². The molecule has 2 rings (SSSR count). The fraction of sp³-hybridized carbons (Fsp3) is 0.811. The molecule has 0 aliphatic carbocycles. The highest BCUT2D eigenvalue weighted by atomic mass is 16.6. The number of nitrogens with zero attached hydrogens (tertiary/aromatic N) is 1. The molecule has 0 saturated carbocycles. The summed E-state index contributed by atoms with van der Waals surface area (Å²) in [6.45, 7) is 0.719. The van der Waals surface area contributed by atoms with Crippen molar-refractivity contribution in [1.82, 2.24) is 31.9 Å². The molecule has 0 bridgehead atoms. The maximum Gasteiger partial charge on any atom is 0.404 e. The Labute approximate surface area is 366 Å². The van der Waals surface area contributed by atoms with Crippen molar-refractivity contribution in [3.05, 3.63) is 0 Å². The fourth-order valence-corrected chi connectivity index (χ4v) is 6.90. The van der Waals surface area contributed by atoms with Crippen LogP contribution in [0.3, 0.4) is 0 Å². The number of nitrogens with one attached hydrogen (secondary N) is 6. The zero-order chi connectivity index (χ0) is 47.1. The van der Waals surface area contributed by atoms with Crippen LogP contribution in [-0.4, -0.2) is 174 Å². The number of nitrogens with two attached hydrogens (primary N) is 7. The van der Waals surface area contributed by atoms with E-state index < -0.39 is 85.4 Å². The van der Waals surface area contributed by atoms with Crippen molar-refractivity contribution < 1.29 is 58.7 Å². The van der Waals surface area contributed by atoms with Gasteiger partial charge in [0.05, 0.1) is 12.1 Å². The van der Waals surface area contributed by atoms with E-state index in [1.165, 1.54) is 0 Å². The molecule has 362 valence electrons. The maximum absolute atomic E-state index is 13.1. The van der Waals surface area contributed by atoms with E-state index in [1.54, 1.807) is 0 Å². The van der Waals surface area contributed by atoms with Crippen LogP contribution in [-0.2, 0) is 33.4 Å². The molecule has 0 unspecified atom stereocenters. The summed E-state index contributed by atoms with van der Waals surface area (Å²) in [5, 5.41) is 57.9. The topological polar surface area (TPSA) is 468 Å². The van der Waals surface area contributed by atoms with E-state index in [2.05, 4.69) is 36.9 Å². The van der Waals surface area contributed by atoms with E-state index in [9.17, 15) is 49.2 Å². The number of aliphatic hydroxyl groups is 3. The Balaban J connectivity index is 1.70. The first-order chi connectivity index (χ1) is 29.8. The molecule has 1 fully saturated rings. The predicted molar refractivity (Wildman–Crippen MR) is 228 cm³/mol. The second-order valence-electron chi connectivity index (χ2n) is 15.9. The average Bonchev–Trinajstić information content (AvgIpc) is 3.65. The first-order valence-corrected chi connectivity index (χ1v) is 21.3. The van der Waals surface area contributed by atoms with Crippen molar-refractivity contribution in [2.24, 2.45) is 45.1 Å². The third kappa shape index (κ3) is 21.1. The van der Waals surface area contributed by atoms with Gasteiger partial charge in [0.15, 0.2) is 18.2 Å². The molecule has 12 atom stereocenters. The highest BCUT2D eigenvalue weighted by Crippen LogP contribution is 2.22. The first kappa shape index (κ1) is 54.6. The van der Waals surface area contributed by atoms with E-state index in [0.29, 0.717) is 64.6 Å². The van der Waals surface area contributed by atoms with Gasteiger partial charge in [0.2, 0.25) is 23.6 Å². The van der Waals surface area contributed by atoms with Crippen LogP contribution < -0.4 is 72.0 Å². The minimum atomic E-state index is -1.71. The van der Waals surface area contributed by atoms with Crippen molar-refractivity contribution in [3.8, 4) is 0 Å². The second kappa shape index (κ2) is 29.0. The summed E-state index contributed by atoms with van der Waals surface area (Å²) >= 11 is 0. The number of ether oxygens (including phenoxy) is 2. The quantitative estimate of drug-likeness (QED) is 0.0298. The molecule has 0 spiro atoms. The first-order valence-electron chi connectivity index (χ1n) is 21.3. The number of carbonyl (C=O) groups excluding carboxylic acids is 5. The summed E-state index contributed by atoms with van der Waals surface area (Å²) in [6.07, 6.45) is -4.05. The highest BCUT2D eigenvalue weighted by Gasteiger charge is 2.47. The molecule has 24 N–H and O–H groups in total. The normalized spacial score (nSPS) is 24.3. The Morgan fingerprint density at radius 2 is 1.19 bits per heavy atom. The predicted octanol–water partition coefficient (Wildman–Crippen LogP) is -7.00. The largest absolute Gasteiger partial charge is 0.480 e. The van der Waals surface area contributed by atoms with E-state index in [4.69, 9.17) is 49.6 Å². The van der Waals surface area contributed by atoms with Gasteiger partial charge >= 0.3 is 12.1 Å². The number of aliphatic carboxylic acids is 1. The van der Waals surface area contributed by atoms with Crippen molar-refractivity contribution in [1.29, 1.82) is 0 Å². The lowest BCUT2D eigenvalue weighted by Crippen LogP contribution is -2.69. The third-order valence-electron chi connectivity index (χ3n) is 10.4. The molecule has 0 aromatic carbocycles. The van der Waals surface area contributed by atoms with E-state index in [1.807, 2.05) is 0 Å². The van der Waals surface area contributed by atoms with E-state index >= 15 is 0 Å². The minimum Gasteiger partial charge on any atom is -0.480 e. The van der Waals surface area contributed by atoms with Crippen LogP contribution in [0.15, 0.2) is 4.99 Å². The molecule has 26 nitrogen and oxygen atoms in total. The van der Waals surface area contributed by atoms with Crippen molar-refractivity contribution in [2.75, 3.05) is 39.3 Å². The molecule has 26 heteroatoms. The second-order valence-corrected chi connectivity index (χ2v) is 15.9. The Bertz CT molecular complexity index is 1480. The molecule has 0 aromatic heterocycles. The molecule has 5 amide bonds. The fourth-order valence-electron chi connectivity index (χ4n) is 6.90. The molecular weight excluding hydrogens is 832 g/mol. The summed E-state index contributed by atoms with van der Waals surface area (Å²) in [4.78, 5) is 76.8. The van der Waals surface area contributed by atoms with Gasteiger partial charge in [-0.2, -0.15) is 0 Å². The highest BCUT2D eigenvalue weighted by molar-refractivity contribution is 5.89. The van der Waals surface area contributed by atoms with Gasteiger partial charge in [0, 0.05) is 76.0 Å². The van der Waals surface area contributed by atoms with Crippen LogP contribution in [0.1, 0.15) is 77.0 Å². The zero-order valence-corrected chi connectivity index (χ0v) is 35.7. The van der Waals surface area contributed by atoms with Gasteiger partial charge in [0.1, 0.15) is 31.0 Å². The monoisotopic (exact) mass is 905 g/mol. The lowest BCUT2D eigenvalue weighted by atomic mass is 9.95. The van der Waals surface area contributed by atoms with Gasteiger partial charge in [-0.3, -0.25) is 19.2 Å². The Kier molecular flexibility index (Phi) is 25.2. The van der Waals surface area contributed by atoms with Crippen LogP contribution in [0, 0.1) is 0 Å². The number of rotatable bonds is 30. The SMILES string of the molecule is NCCC[C@H](N)CC(=O)NCCC[C@H](N)CC(=O)NCCC[C@H](N)CC(=O)NCCC[C@H](N)CC(=O)N[C@@H]1[C@H](O)[C@H](O)[C@H](COC(N)=O)O[C@H]1NC1=N[C@H](C(=O)O)[C@@H]([C@H](O)CN)N1. The van der Waals surface area contributed by atoms with E-state index in [-0.39, 0.29) is 74.5 Å². The number of guanidine groups is 1. The zero-order valence-electron chi connectivity index (χ0n) is 35.7. The molecule has 2 aliphatic heterocycles. The summed E-state index contributed by atoms with van der Waals surface area (Å²) in [5.74, 6) is -2.82. The lowest BCUT2D eigenvalue weighted by Gasteiger charge is -2.43. The molecule has 2 heterocycles. The summed E-state index contributed by atoms with van der Waals surface area (Å²) in [5.41, 5.74) is 40.3. The minimum absolute atomic E-state index is 0.0545. The molecule has 1 saturated heterocycles. The third-order valence-corrected chi connectivity index (χ3v) is 10.4. The van der Waals surface area contributed by atoms with Crippen molar-refractivity contribution in [2.45, 2.75) is 150 Å². The van der Waals surface area contributed by atoms with Gasteiger partial charge in [-0.1, -0.05) is 0 Å². The molecule has 0 radical (unpaired) electrons. The number of hydrogen-bond donors (Lipinski definition) is 17. The van der Waals surface area contributed by atoms with Gasteiger partial charge in [0.25, 0.3) is 0 Å². The van der Waals surface area contributed by atoms with Crippen LogP contribution in [0.4, 0.5) is 4.79 Å². The van der Waals surface area contributed by atoms with Crippen LogP contribution in [0.5, 0.6) is 0 Å². The molecular formula is C37H72N14O12.